The molecule has 1 aliphatic rings. The molecule has 0 bridgehead atoms. The van der Waals surface area contributed by atoms with Gasteiger partial charge in [0.25, 0.3) is 0 Å². The average molecular weight is 201 g/mol. The second-order valence-electron chi connectivity index (χ2n) is 4.81. The highest BCUT2D eigenvalue weighted by Crippen LogP contribution is 2.26. The summed E-state index contributed by atoms with van der Waals surface area (Å²) in [5, 5.41) is 0.934. The molecule has 1 aliphatic heterocycles. The fraction of sp³-hybridized carbons (Fsp3) is 1.00. The second kappa shape index (κ2) is 4.70. The van der Waals surface area contributed by atoms with E-state index in [2.05, 4.69) is 44.4 Å². The largest absolute Gasteiger partial charge is 0.298 e. The van der Waals surface area contributed by atoms with Crippen LogP contribution in [0.4, 0.5) is 0 Å². The summed E-state index contributed by atoms with van der Waals surface area (Å²) >= 11 is 2.14. The average Bonchev–Trinajstić information content (AvgIpc) is 2.04. The zero-order chi connectivity index (χ0) is 9.90. The molecular formula is C11H23NS. The van der Waals surface area contributed by atoms with Crippen molar-refractivity contribution in [2.24, 2.45) is 0 Å². The van der Waals surface area contributed by atoms with Crippen LogP contribution in [-0.2, 0) is 0 Å². The van der Waals surface area contributed by atoms with Crippen molar-refractivity contribution < 1.29 is 0 Å². The summed E-state index contributed by atoms with van der Waals surface area (Å²) in [6, 6.07) is 0. The predicted molar refractivity (Wildman–Crippen MR) is 62.5 cm³/mol. The van der Waals surface area contributed by atoms with E-state index < -0.39 is 0 Å². The molecule has 13 heavy (non-hydrogen) atoms. The lowest BCUT2D eigenvalue weighted by atomic mass is 10.0. The van der Waals surface area contributed by atoms with Crippen molar-refractivity contribution in [3.05, 3.63) is 0 Å². The van der Waals surface area contributed by atoms with E-state index in [-0.39, 0.29) is 0 Å². The van der Waals surface area contributed by atoms with Crippen molar-refractivity contribution in [3.8, 4) is 0 Å². The standard InChI is InChI=1S/C11H23NS/c1-5-13-10-6-8-12(9-7-10)11(2,3)4/h10H,5-9H2,1-4H3. The summed E-state index contributed by atoms with van der Waals surface area (Å²) in [4.78, 5) is 2.61. The molecule has 0 radical (unpaired) electrons. The first-order valence-electron chi connectivity index (χ1n) is 5.40. The lowest BCUT2D eigenvalue weighted by Gasteiger charge is -2.40. The van der Waals surface area contributed by atoms with Gasteiger partial charge in [-0.05, 0) is 52.5 Å². The van der Waals surface area contributed by atoms with Crippen LogP contribution in [0.25, 0.3) is 0 Å². The fourth-order valence-electron chi connectivity index (χ4n) is 1.93. The Hall–Kier alpha value is 0.310. The van der Waals surface area contributed by atoms with Gasteiger partial charge in [0, 0.05) is 10.8 Å². The molecule has 0 unspecified atom stereocenters. The molecule has 0 amide bonds. The Morgan fingerprint density at radius 1 is 1.23 bits per heavy atom. The Bertz CT molecular complexity index is 143. The summed E-state index contributed by atoms with van der Waals surface area (Å²) < 4.78 is 0. The van der Waals surface area contributed by atoms with Gasteiger partial charge in [-0.1, -0.05) is 6.92 Å². The molecular weight excluding hydrogens is 178 g/mol. The maximum atomic E-state index is 2.61. The zero-order valence-corrected chi connectivity index (χ0v) is 10.3. The Balaban J connectivity index is 2.30. The van der Waals surface area contributed by atoms with Gasteiger partial charge in [-0.25, -0.2) is 0 Å². The SMILES string of the molecule is CCSC1CCN(C(C)(C)C)CC1. The number of nitrogens with zero attached hydrogens (tertiary/aromatic N) is 1. The third kappa shape index (κ3) is 3.51. The number of piperidine rings is 1. The maximum Gasteiger partial charge on any atom is 0.0125 e. The van der Waals surface area contributed by atoms with Gasteiger partial charge < -0.3 is 0 Å². The van der Waals surface area contributed by atoms with Crippen molar-refractivity contribution in [1.82, 2.24) is 4.90 Å². The Kier molecular flexibility index (Phi) is 4.11. The molecule has 0 aromatic carbocycles. The van der Waals surface area contributed by atoms with Crippen molar-refractivity contribution in [2.45, 2.75) is 51.3 Å². The summed E-state index contributed by atoms with van der Waals surface area (Å²) in [7, 11) is 0. The smallest absolute Gasteiger partial charge is 0.0125 e. The van der Waals surface area contributed by atoms with Gasteiger partial charge in [0.05, 0.1) is 0 Å². The van der Waals surface area contributed by atoms with Crippen LogP contribution in [0.5, 0.6) is 0 Å². The third-order valence-electron chi connectivity index (χ3n) is 2.79. The molecule has 1 heterocycles. The van der Waals surface area contributed by atoms with Gasteiger partial charge in [-0.15, -0.1) is 0 Å². The van der Waals surface area contributed by atoms with Crippen LogP contribution in [0, 0.1) is 0 Å². The minimum absolute atomic E-state index is 0.377. The molecule has 1 saturated heterocycles. The normalized spacial score (nSPS) is 22.2. The monoisotopic (exact) mass is 201 g/mol. The molecule has 78 valence electrons. The maximum absolute atomic E-state index is 2.61. The van der Waals surface area contributed by atoms with Crippen molar-refractivity contribution in [3.63, 3.8) is 0 Å². The Morgan fingerprint density at radius 3 is 2.15 bits per heavy atom. The number of hydrogen-bond acceptors (Lipinski definition) is 2. The molecule has 2 heteroatoms. The Morgan fingerprint density at radius 2 is 1.77 bits per heavy atom. The minimum Gasteiger partial charge on any atom is -0.298 e. The van der Waals surface area contributed by atoms with Crippen molar-refractivity contribution in [1.29, 1.82) is 0 Å². The van der Waals surface area contributed by atoms with Crippen LogP contribution < -0.4 is 0 Å². The van der Waals surface area contributed by atoms with Gasteiger partial charge in [0.2, 0.25) is 0 Å². The van der Waals surface area contributed by atoms with Crippen molar-refractivity contribution in [2.75, 3.05) is 18.8 Å². The summed E-state index contributed by atoms with van der Waals surface area (Å²) in [5.74, 6) is 1.28. The van der Waals surface area contributed by atoms with Crippen molar-refractivity contribution >= 4 is 11.8 Å². The van der Waals surface area contributed by atoms with E-state index >= 15 is 0 Å². The van der Waals surface area contributed by atoms with E-state index in [4.69, 9.17) is 0 Å². The van der Waals surface area contributed by atoms with Gasteiger partial charge in [-0.2, -0.15) is 11.8 Å². The first-order chi connectivity index (χ1) is 6.04. The molecule has 0 spiro atoms. The molecule has 0 aromatic heterocycles. The highest BCUT2D eigenvalue weighted by atomic mass is 32.2. The molecule has 1 nitrogen and oxygen atoms in total. The van der Waals surface area contributed by atoms with Gasteiger partial charge >= 0.3 is 0 Å². The molecule has 1 rings (SSSR count). The molecule has 1 fully saturated rings. The fourth-order valence-corrected chi connectivity index (χ4v) is 2.94. The van der Waals surface area contributed by atoms with E-state index in [1.807, 2.05) is 0 Å². The topological polar surface area (TPSA) is 3.24 Å². The predicted octanol–water partition coefficient (Wildman–Crippen LogP) is 3.00. The van der Waals surface area contributed by atoms with Crippen LogP contribution in [-0.4, -0.2) is 34.5 Å². The minimum atomic E-state index is 0.377. The van der Waals surface area contributed by atoms with E-state index in [1.165, 1.54) is 31.7 Å². The van der Waals surface area contributed by atoms with E-state index in [9.17, 15) is 0 Å². The zero-order valence-electron chi connectivity index (χ0n) is 9.47. The lowest BCUT2D eigenvalue weighted by molar-refractivity contribution is 0.113. The lowest BCUT2D eigenvalue weighted by Crippen LogP contribution is -2.46. The number of thioether (sulfide) groups is 1. The van der Waals surface area contributed by atoms with Crippen LogP contribution in [0.15, 0.2) is 0 Å². The van der Waals surface area contributed by atoms with Crippen LogP contribution in [0.1, 0.15) is 40.5 Å². The van der Waals surface area contributed by atoms with Gasteiger partial charge in [0.1, 0.15) is 0 Å². The van der Waals surface area contributed by atoms with Gasteiger partial charge in [-0.3, -0.25) is 4.90 Å². The number of likely N-dealkylation sites (tertiary alicyclic amines) is 1. The first-order valence-corrected chi connectivity index (χ1v) is 6.45. The van der Waals surface area contributed by atoms with E-state index in [0.29, 0.717) is 5.54 Å². The molecule has 0 aliphatic carbocycles. The van der Waals surface area contributed by atoms with E-state index in [0.717, 1.165) is 5.25 Å². The molecule has 0 N–H and O–H groups in total. The summed E-state index contributed by atoms with van der Waals surface area (Å²) in [6.45, 7) is 11.8. The second-order valence-corrected chi connectivity index (χ2v) is 6.39. The Labute approximate surface area is 87.3 Å². The molecule has 0 saturated carbocycles. The number of rotatable bonds is 2. The molecule has 0 aromatic rings. The third-order valence-corrected chi connectivity index (χ3v) is 4.07. The first kappa shape index (κ1) is 11.4. The molecule has 0 atom stereocenters. The van der Waals surface area contributed by atoms with E-state index in [1.54, 1.807) is 0 Å². The summed E-state index contributed by atoms with van der Waals surface area (Å²) in [5.41, 5.74) is 0.377. The van der Waals surface area contributed by atoms with Crippen LogP contribution in [0.2, 0.25) is 0 Å². The summed E-state index contributed by atoms with van der Waals surface area (Å²) in [6.07, 6.45) is 2.77. The van der Waals surface area contributed by atoms with Gasteiger partial charge in [0.15, 0.2) is 0 Å². The quantitative estimate of drug-likeness (QED) is 0.675. The van der Waals surface area contributed by atoms with Crippen LogP contribution in [0.3, 0.4) is 0 Å². The highest BCUT2D eigenvalue weighted by molar-refractivity contribution is 7.99. The van der Waals surface area contributed by atoms with Crippen LogP contribution >= 0.6 is 11.8 Å². The number of hydrogen-bond donors (Lipinski definition) is 0. The highest BCUT2D eigenvalue weighted by Gasteiger charge is 2.26.